The Morgan fingerprint density at radius 2 is 1.59 bits per heavy atom. The Morgan fingerprint density at radius 3 is 2.38 bits per heavy atom. The molecule has 6 rings (SSSR count). The fraction of sp³-hybridized carbons (Fsp3) is 0.194. The predicted octanol–water partition coefficient (Wildman–Crippen LogP) is 5.42. The molecule has 0 bridgehead atoms. The molecule has 4 aromatic rings. The first-order valence-corrected chi connectivity index (χ1v) is 12.8. The number of amides is 3. The van der Waals surface area contributed by atoms with E-state index in [0.29, 0.717) is 40.7 Å². The van der Waals surface area contributed by atoms with E-state index in [0.717, 1.165) is 23.6 Å². The lowest BCUT2D eigenvalue weighted by Gasteiger charge is -2.17. The number of nitrogens with zero attached hydrogens (tertiary/aromatic N) is 1. The van der Waals surface area contributed by atoms with Crippen LogP contribution in [0.2, 0.25) is 0 Å². The monoisotopic (exact) mass is 522 g/mol. The lowest BCUT2D eigenvalue weighted by atomic mass is 10.1. The van der Waals surface area contributed by atoms with E-state index >= 15 is 0 Å². The molecule has 1 fully saturated rings. The van der Waals surface area contributed by atoms with Gasteiger partial charge in [-0.25, -0.2) is 0 Å². The van der Waals surface area contributed by atoms with Gasteiger partial charge < -0.3 is 19.5 Å². The molecule has 0 radical (unpaired) electrons. The van der Waals surface area contributed by atoms with Crippen LogP contribution in [0.1, 0.15) is 33.6 Å². The zero-order chi connectivity index (χ0) is 26.8. The summed E-state index contributed by atoms with van der Waals surface area (Å²) in [5, 5.41) is 4.95. The number of hydrogen-bond donors (Lipinski definition) is 1. The van der Waals surface area contributed by atoms with Gasteiger partial charge in [-0.1, -0.05) is 30.3 Å². The molecule has 0 aromatic heterocycles. The Kier molecular flexibility index (Phi) is 6.69. The third kappa shape index (κ3) is 5.32. The third-order valence-corrected chi connectivity index (χ3v) is 6.82. The van der Waals surface area contributed by atoms with Crippen LogP contribution in [-0.4, -0.2) is 48.5 Å². The number of benzene rings is 4. The van der Waals surface area contributed by atoms with E-state index in [2.05, 4.69) is 5.32 Å². The van der Waals surface area contributed by atoms with Crippen LogP contribution in [-0.2, 0) is 9.53 Å². The Balaban J connectivity index is 1.04. The topological polar surface area (TPSA) is 94.2 Å². The summed E-state index contributed by atoms with van der Waals surface area (Å²) in [4.78, 5) is 39.3. The van der Waals surface area contributed by atoms with Crippen molar-refractivity contribution in [3.63, 3.8) is 0 Å². The van der Waals surface area contributed by atoms with Gasteiger partial charge in [-0.05, 0) is 78.2 Å². The van der Waals surface area contributed by atoms with E-state index in [9.17, 15) is 14.4 Å². The van der Waals surface area contributed by atoms with Gasteiger partial charge in [0.25, 0.3) is 17.7 Å². The van der Waals surface area contributed by atoms with E-state index in [1.165, 1.54) is 4.90 Å². The Labute approximate surface area is 225 Å². The summed E-state index contributed by atoms with van der Waals surface area (Å²) in [6.45, 7) is 0.804. The molecule has 4 aromatic carbocycles. The minimum absolute atomic E-state index is 0.104. The maximum Gasteiger partial charge on any atom is 0.262 e. The number of anilines is 1. The van der Waals surface area contributed by atoms with Crippen LogP contribution in [0, 0.1) is 0 Å². The molecule has 1 saturated heterocycles. The van der Waals surface area contributed by atoms with Crippen molar-refractivity contribution >= 4 is 34.2 Å². The van der Waals surface area contributed by atoms with Crippen molar-refractivity contribution in [2.45, 2.75) is 18.9 Å². The van der Waals surface area contributed by atoms with Crippen molar-refractivity contribution in [1.82, 2.24) is 4.90 Å². The molecular formula is C31H26N2O6. The molecule has 196 valence electrons. The zero-order valence-electron chi connectivity index (χ0n) is 21.1. The Bertz CT molecular complexity index is 1560. The quantitative estimate of drug-likeness (QED) is 0.311. The molecule has 1 N–H and O–H groups in total. The van der Waals surface area contributed by atoms with Crippen LogP contribution < -0.4 is 14.8 Å². The molecule has 39 heavy (non-hydrogen) atoms. The summed E-state index contributed by atoms with van der Waals surface area (Å²) in [7, 11) is 0. The summed E-state index contributed by atoms with van der Waals surface area (Å²) in [6, 6.07) is 25.4. The van der Waals surface area contributed by atoms with Gasteiger partial charge in [-0.2, -0.15) is 0 Å². The average molecular weight is 523 g/mol. The number of fused-ring (bicyclic) bond motifs is 2. The molecule has 0 saturated carbocycles. The maximum atomic E-state index is 12.9. The Hall–Kier alpha value is -4.69. The molecule has 1 atom stereocenters. The SMILES string of the molecule is O=C(COc1ccc2ccccc2c1)Nc1ccc(Oc2ccc3c(c2)C(=O)N(CC2CCCO2)C3=O)cc1. The molecule has 2 heterocycles. The Morgan fingerprint density at radius 1 is 0.846 bits per heavy atom. The summed E-state index contributed by atoms with van der Waals surface area (Å²) in [5.41, 5.74) is 1.29. The lowest BCUT2D eigenvalue weighted by molar-refractivity contribution is -0.118. The lowest BCUT2D eigenvalue weighted by Crippen LogP contribution is -2.36. The van der Waals surface area contributed by atoms with Crippen molar-refractivity contribution in [2.24, 2.45) is 0 Å². The van der Waals surface area contributed by atoms with Gasteiger partial charge in [0, 0.05) is 12.3 Å². The fourth-order valence-corrected chi connectivity index (χ4v) is 4.84. The van der Waals surface area contributed by atoms with Crippen molar-refractivity contribution < 1.29 is 28.6 Å². The highest BCUT2D eigenvalue weighted by atomic mass is 16.5. The molecule has 2 aliphatic rings. The van der Waals surface area contributed by atoms with E-state index in [4.69, 9.17) is 14.2 Å². The summed E-state index contributed by atoms with van der Waals surface area (Å²) >= 11 is 0. The fourth-order valence-electron chi connectivity index (χ4n) is 4.84. The molecule has 8 heteroatoms. The third-order valence-electron chi connectivity index (χ3n) is 6.82. The minimum atomic E-state index is -0.333. The average Bonchev–Trinajstić information content (AvgIpc) is 3.56. The van der Waals surface area contributed by atoms with Gasteiger partial charge in [-0.3, -0.25) is 19.3 Å². The van der Waals surface area contributed by atoms with Crippen LogP contribution in [0.4, 0.5) is 5.69 Å². The molecule has 2 aliphatic heterocycles. The smallest absolute Gasteiger partial charge is 0.262 e. The summed E-state index contributed by atoms with van der Waals surface area (Å²) in [5.74, 6) is 0.660. The van der Waals surface area contributed by atoms with E-state index in [1.54, 1.807) is 42.5 Å². The number of carbonyl (C=O) groups excluding carboxylic acids is 3. The summed E-state index contributed by atoms with van der Waals surface area (Å²) in [6.07, 6.45) is 1.68. The van der Waals surface area contributed by atoms with Crippen molar-refractivity contribution in [2.75, 3.05) is 25.1 Å². The zero-order valence-corrected chi connectivity index (χ0v) is 21.1. The van der Waals surface area contributed by atoms with Crippen molar-refractivity contribution in [3.8, 4) is 17.2 Å². The number of imide groups is 1. The molecule has 3 amide bonds. The number of rotatable bonds is 8. The summed E-state index contributed by atoms with van der Waals surface area (Å²) < 4.78 is 17.2. The molecular weight excluding hydrogens is 496 g/mol. The van der Waals surface area contributed by atoms with Crippen LogP contribution >= 0.6 is 0 Å². The van der Waals surface area contributed by atoms with Crippen molar-refractivity contribution in [1.29, 1.82) is 0 Å². The van der Waals surface area contributed by atoms with Gasteiger partial charge in [0.15, 0.2) is 6.61 Å². The van der Waals surface area contributed by atoms with Gasteiger partial charge in [0.2, 0.25) is 0 Å². The highest BCUT2D eigenvalue weighted by Crippen LogP contribution is 2.31. The van der Waals surface area contributed by atoms with E-state index in [1.807, 2.05) is 42.5 Å². The molecule has 0 spiro atoms. The van der Waals surface area contributed by atoms with E-state index in [-0.39, 0.29) is 37.0 Å². The molecule has 1 unspecified atom stereocenters. The first-order valence-electron chi connectivity index (χ1n) is 12.8. The molecule has 0 aliphatic carbocycles. The van der Waals surface area contributed by atoms with Gasteiger partial charge in [0.1, 0.15) is 17.2 Å². The minimum Gasteiger partial charge on any atom is -0.484 e. The van der Waals surface area contributed by atoms with Crippen LogP contribution in [0.3, 0.4) is 0 Å². The van der Waals surface area contributed by atoms with Gasteiger partial charge in [-0.15, -0.1) is 0 Å². The number of hydrogen-bond acceptors (Lipinski definition) is 6. The highest BCUT2D eigenvalue weighted by Gasteiger charge is 2.37. The van der Waals surface area contributed by atoms with Gasteiger partial charge >= 0.3 is 0 Å². The first kappa shape index (κ1) is 24.6. The van der Waals surface area contributed by atoms with Gasteiger partial charge in [0.05, 0.1) is 23.8 Å². The highest BCUT2D eigenvalue weighted by molar-refractivity contribution is 6.21. The van der Waals surface area contributed by atoms with E-state index < -0.39 is 0 Å². The normalized spacial score (nSPS) is 16.4. The van der Waals surface area contributed by atoms with Crippen molar-refractivity contribution in [3.05, 3.63) is 96.1 Å². The number of carbonyl (C=O) groups is 3. The van der Waals surface area contributed by atoms with Crippen LogP contribution in [0.25, 0.3) is 10.8 Å². The second kappa shape index (κ2) is 10.6. The maximum absolute atomic E-state index is 12.9. The second-order valence-corrected chi connectivity index (χ2v) is 9.54. The number of ether oxygens (including phenoxy) is 3. The molecule has 8 nitrogen and oxygen atoms in total. The first-order chi connectivity index (χ1) is 19.0. The number of nitrogens with one attached hydrogen (secondary N) is 1. The van der Waals surface area contributed by atoms with Crippen LogP contribution in [0.5, 0.6) is 17.2 Å². The largest absolute Gasteiger partial charge is 0.484 e. The predicted molar refractivity (Wildman–Crippen MR) is 145 cm³/mol. The standard InChI is InChI=1S/C31H26N2O6/c34-29(19-38-24-10-7-20-4-1-2-5-21(20)16-24)32-22-8-11-23(12-9-22)39-25-13-14-27-28(17-25)31(36)33(30(27)35)18-26-6-3-15-37-26/h1-2,4-5,7-14,16-17,26H,3,6,15,18-19H2,(H,32,34). The van der Waals surface area contributed by atoms with Crippen LogP contribution in [0.15, 0.2) is 84.9 Å². The second-order valence-electron chi connectivity index (χ2n) is 9.54.